The fourth-order valence-electron chi connectivity index (χ4n) is 2.06. The average molecular weight is 390 g/mol. The number of rotatable bonds is 7. The highest BCUT2D eigenvalue weighted by atomic mass is 16.6. The number of nitrogens with one attached hydrogen (secondary N) is 2. The number of hydrogen-bond donors (Lipinski definition) is 3. The molecule has 28 heavy (non-hydrogen) atoms. The molecular formula is C17H22N6O5. The van der Waals surface area contributed by atoms with Crippen LogP contribution in [0.25, 0.3) is 5.69 Å². The monoisotopic (exact) mass is 390 g/mol. The largest absolute Gasteiger partial charge is 0.475 e. The second kappa shape index (κ2) is 8.93. The Labute approximate surface area is 161 Å². The number of carboxylic acid groups (broad SMARTS) is 1. The van der Waals surface area contributed by atoms with E-state index in [1.54, 1.807) is 45.0 Å². The van der Waals surface area contributed by atoms with Crippen LogP contribution in [-0.4, -0.2) is 55.4 Å². The average Bonchev–Trinajstić information content (AvgIpc) is 3.08. The number of anilines is 1. The number of benzene rings is 1. The number of aromatic nitrogens is 4. The molecule has 0 aliphatic rings. The summed E-state index contributed by atoms with van der Waals surface area (Å²) in [6.07, 6.45) is 0.171. The minimum absolute atomic E-state index is 0.203. The second-order valence-corrected chi connectivity index (χ2v) is 6.83. The van der Waals surface area contributed by atoms with Crippen LogP contribution in [0.2, 0.25) is 0 Å². The molecule has 0 fully saturated rings. The van der Waals surface area contributed by atoms with Gasteiger partial charge in [-0.1, -0.05) is 0 Å². The lowest BCUT2D eigenvalue weighted by atomic mass is 10.2. The summed E-state index contributed by atoms with van der Waals surface area (Å²) in [4.78, 5) is 35.3. The zero-order valence-corrected chi connectivity index (χ0v) is 15.8. The molecule has 0 saturated carbocycles. The van der Waals surface area contributed by atoms with E-state index in [9.17, 15) is 14.4 Å². The van der Waals surface area contributed by atoms with Crippen LogP contribution in [0.3, 0.4) is 0 Å². The normalized spacial score (nSPS) is 11.0. The van der Waals surface area contributed by atoms with E-state index in [0.717, 1.165) is 4.80 Å². The van der Waals surface area contributed by atoms with Gasteiger partial charge in [-0.3, -0.25) is 4.79 Å². The van der Waals surface area contributed by atoms with Crippen LogP contribution < -0.4 is 10.6 Å². The van der Waals surface area contributed by atoms with Gasteiger partial charge in [0.15, 0.2) is 0 Å². The number of tetrazole rings is 1. The van der Waals surface area contributed by atoms with Crippen molar-refractivity contribution in [2.75, 3.05) is 11.9 Å². The lowest BCUT2D eigenvalue weighted by Crippen LogP contribution is -2.33. The number of aromatic carboxylic acids is 1. The number of alkyl carbamates (subject to hydrolysis) is 1. The van der Waals surface area contributed by atoms with Gasteiger partial charge in [0, 0.05) is 18.7 Å². The van der Waals surface area contributed by atoms with Gasteiger partial charge in [0.2, 0.25) is 5.91 Å². The van der Waals surface area contributed by atoms with Crippen molar-refractivity contribution in [2.45, 2.75) is 39.2 Å². The minimum Gasteiger partial charge on any atom is -0.475 e. The molecule has 0 unspecified atom stereocenters. The van der Waals surface area contributed by atoms with E-state index < -0.39 is 23.5 Å². The van der Waals surface area contributed by atoms with Crippen molar-refractivity contribution in [2.24, 2.45) is 0 Å². The maximum Gasteiger partial charge on any atom is 0.407 e. The number of carbonyl (C=O) groups excluding carboxylic acids is 2. The first-order valence-electron chi connectivity index (χ1n) is 8.54. The Morgan fingerprint density at radius 2 is 1.86 bits per heavy atom. The molecule has 0 spiro atoms. The number of hydrogen-bond acceptors (Lipinski definition) is 7. The number of carbonyl (C=O) groups is 3. The summed E-state index contributed by atoms with van der Waals surface area (Å²) in [7, 11) is 0. The molecule has 1 aromatic carbocycles. The van der Waals surface area contributed by atoms with Crippen molar-refractivity contribution < 1.29 is 24.2 Å². The molecule has 150 valence electrons. The second-order valence-electron chi connectivity index (χ2n) is 6.83. The molecule has 1 heterocycles. The SMILES string of the molecule is CC(C)(C)OC(=O)NCCCC(=O)Nc1ccc(-n2nnc(C(=O)O)n2)cc1. The molecule has 2 aromatic rings. The van der Waals surface area contributed by atoms with Gasteiger partial charge >= 0.3 is 12.1 Å². The molecule has 0 atom stereocenters. The number of ether oxygens (including phenoxy) is 1. The zero-order chi connectivity index (χ0) is 20.7. The Morgan fingerprint density at radius 3 is 2.43 bits per heavy atom. The number of amides is 2. The first kappa shape index (κ1) is 20.8. The summed E-state index contributed by atoms with van der Waals surface area (Å²) in [6.45, 7) is 5.64. The van der Waals surface area contributed by atoms with Crippen LogP contribution in [0.5, 0.6) is 0 Å². The Bertz CT molecular complexity index is 840. The number of carboxylic acids is 1. The van der Waals surface area contributed by atoms with Gasteiger partial charge in [-0.15, -0.1) is 15.0 Å². The Morgan fingerprint density at radius 1 is 1.18 bits per heavy atom. The molecule has 11 nitrogen and oxygen atoms in total. The van der Waals surface area contributed by atoms with Crippen LogP contribution in [0.15, 0.2) is 24.3 Å². The molecule has 0 saturated heterocycles. The van der Waals surface area contributed by atoms with Gasteiger partial charge in [0.1, 0.15) is 5.60 Å². The van der Waals surface area contributed by atoms with E-state index in [1.807, 2.05) is 0 Å². The predicted octanol–water partition coefficient (Wildman–Crippen LogP) is 1.60. The van der Waals surface area contributed by atoms with Crippen LogP contribution in [0.1, 0.15) is 44.2 Å². The minimum atomic E-state index is -1.27. The van der Waals surface area contributed by atoms with E-state index in [2.05, 4.69) is 26.0 Å². The molecule has 1 aromatic heterocycles. The van der Waals surface area contributed by atoms with E-state index >= 15 is 0 Å². The van der Waals surface area contributed by atoms with Crippen molar-refractivity contribution in [1.82, 2.24) is 25.5 Å². The molecule has 0 bridgehead atoms. The first-order valence-corrected chi connectivity index (χ1v) is 8.54. The van der Waals surface area contributed by atoms with Crippen LogP contribution >= 0.6 is 0 Å². The lowest BCUT2D eigenvalue weighted by Gasteiger charge is -2.19. The molecule has 2 rings (SSSR count). The van der Waals surface area contributed by atoms with Crippen LogP contribution in [-0.2, 0) is 9.53 Å². The fourth-order valence-corrected chi connectivity index (χ4v) is 2.06. The van der Waals surface area contributed by atoms with Gasteiger partial charge in [-0.25, -0.2) is 9.59 Å². The zero-order valence-electron chi connectivity index (χ0n) is 15.8. The van der Waals surface area contributed by atoms with Gasteiger partial charge in [0.05, 0.1) is 5.69 Å². The van der Waals surface area contributed by atoms with E-state index in [1.165, 1.54) is 0 Å². The molecular weight excluding hydrogens is 368 g/mol. The summed E-state index contributed by atoms with van der Waals surface area (Å²) < 4.78 is 5.10. The smallest absolute Gasteiger partial charge is 0.407 e. The Hall–Kier alpha value is -3.50. The van der Waals surface area contributed by atoms with Crippen molar-refractivity contribution in [1.29, 1.82) is 0 Å². The molecule has 0 aliphatic heterocycles. The topological polar surface area (TPSA) is 148 Å². The quantitative estimate of drug-likeness (QED) is 0.604. The summed E-state index contributed by atoms with van der Waals surface area (Å²) in [6, 6.07) is 6.51. The molecule has 2 amide bonds. The molecule has 11 heteroatoms. The third-order valence-electron chi connectivity index (χ3n) is 3.24. The summed E-state index contributed by atoms with van der Waals surface area (Å²) in [5.41, 5.74) is 0.497. The van der Waals surface area contributed by atoms with Crippen LogP contribution in [0.4, 0.5) is 10.5 Å². The van der Waals surface area contributed by atoms with E-state index in [-0.39, 0.29) is 12.3 Å². The highest BCUT2D eigenvalue weighted by molar-refractivity contribution is 5.90. The third kappa shape index (κ3) is 6.67. The van der Waals surface area contributed by atoms with Gasteiger partial charge in [-0.2, -0.15) is 0 Å². The van der Waals surface area contributed by atoms with E-state index in [0.29, 0.717) is 24.3 Å². The van der Waals surface area contributed by atoms with Gasteiger partial charge in [0.25, 0.3) is 5.82 Å². The standard InChI is InChI=1S/C17H22N6O5/c1-17(2,3)28-16(27)18-10-4-5-13(24)19-11-6-8-12(9-7-11)23-21-14(15(25)26)20-22-23/h6-9H,4-5,10H2,1-3H3,(H,18,27)(H,19,24)(H,25,26). The highest BCUT2D eigenvalue weighted by Crippen LogP contribution is 2.12. The fraction of sp³-hybridized carbons (Fsp3) is 0.412. The Kier molecular flexibility index (Phi) is 6.64. The number of nitrogens with zero attached hydrogens (tertiary/aromatic N) is 4. The first-order chi connectivity index (χ1) is 13.1. The molecule has 0 radical (unpaired) electrons. The van der Waals surface area contributed by atoms with Gasteiger partial charge in [-0.05, 0) is 56.7 Å². The Balaban J connectivity index is 1.76. The summed E-state index contributed by atoms with van der Waals surface area (Å²) >= 11 is 0. The maximum absolute atomic E-state index is 12.0. The van der Waals surface area contributed by atoms with Crippen molar-refractivity contribution in [3.05, 3.63) is 30.1 Å². The maximum atomic E-state index is 12.0. The summed E-state index contributed by atoms with van der Waals surface area (Å²) in [5.74, 6) is -1.88. The summed E-state index contributed by atoms with van der Waals surface area (Å²) in [5, 5.41) is 24.9. The van der Waals surface area contributed by atoms with Gasteiger partial charge < -0.3 is 20.5 Å². The lowest BCUT2D eigenvalue weighted by molar-refractivity contribution is -0.116. The van der Waals surface area contributed by atoms with Crippen molar-refractivity contribution >= 4 is 23.7 Å². The van der Waals surface area contributed by atoms with Crippen molar-refractivity contribution in [3.63, 3.8) is 0 Å². The van der Waals surface area contributed by atoms with Crippen LogP contribution in [0, 0.1) is 0 Å². The molecule has 0 aliphatic carbocycles. The third-order valence-corrected chi connectivity index (χ3v) is 3.24. The predicted molar refractivity (Wildman–Crippen MR) is 98.2 cm³/mol. The molecule has 3 N–H and O–H groups in total. The highest BCUT2D eigenvalue weighted by Gasteiger charge is 2.15. The van der Waals surface area contributed by atoms with Crippen molar-refractivity contribution in [3.8, 4) is 5.69 Å². The van der Waals surface area contributed by atoms with E-state index in [4.69, 9.17) is 9.84 Å².